The van der Waals surface area contributed by atoms with Gasteiger partial charge in [-0.1, -0.05) is 23.7 Å². The van der Waals surface area contributed by atoms with Crippen LogP contribution in [0.25, 0.3) is 17.1 Å². The Hall–Kier alpha value is -2.40. The van der Waals surface area contributed by atoms with E-state index >= 15 is 0 Å². The van der Waals surface area contributed by atoms with E-state index in [0.29, 0.717) is 11.0 Å². The lowest BCUT2D eigenvalue weighted by atomic mass is 10.1. The number of hydrogen-bond donors (Lipinski definition) is 1. The monoisotopic (exact) mass is 271 g/mol. The highest BCUT2D eigenvalue weighted by atomic mass is 35.5. The van der Waals surface area contributed by atoms with Gasteiger partial charge in [0.05, 0.1) is 23.6 Å². The van der Waals surface area contributed by atoms with Gasteiger partial charge in [0, 0.05) is 17.4 Å². The molecule has 0 amide bonds. The van der Waals surface area contributed by atoms with Crippen molar-refractivity contribution in [2.75, 3.05) is 5.73 Å². The Kier molecular flexibility index (Phi) is 2.89. The molecule has 5 nitrogen and oxygen atoms in total. The number of halogens is 1. The van der Waals surface area contributed by atoms with Gasteiger partial charge in [0.2, 0.25) is 0 Å². The molecule has 0 aliphatic rings. The van der Waals surface area contributed by atoms with Crippen molar-refractivity contribution in [3.05, 3.63) is 54.1 Å². The number of aromatic nitrogens is 4. The van der Waals surface area contributed by atoms with Crippen LogP contribution < -0.4 is 5.73 Å². The van der Waals surface area contributed by atoms with Crippen molar-refractivity contribution < 1.29 is 0 Å². The van der Waals surface area contributed by atoms with Crippen LogP contribution >= 0.6 is 11.6 Å². The smallest absolute Gasteiger partial charge is 0.250 e. The van der Waals surface area contributed by atoms with Crippen molar-refractivity contribution in [2.24, 2.45) is 0 Å². The zero-order chi connectivity index (χ0) is 13.2. The molecule has 0 atom stereocenters. The fraction of sp³-hybridized carbons (Fsp3) is 0. The second-order valence-corrected chi connectivity index (χ2v) is 4.43. The third kappa shape index (κ3) is 2.41. The van der Waals surface area contributed by atoms with Crippen molar-refractivity contribution in [3.63, 3.8) is 0 Å². The summed E-state index contributed by atoms with van der Waals surface area (Å²) in [7, 11) is 0. The summed E-state index contributed by atoms with van der Waals surface area (Å²) in [4.78, 5) is 8.21. The summed E-state index contributed by atoms with van der Waals surface area (Å²) in [5.41, 5.74) is 8.40. The quantitative estimate of drug-likeness (QED) is 0.727. The molecule has 19 heavy (non-hydrogen) atoms. The van der Waals surface area contributed by atoms with E-state index in [0.717, 1.165) is 16.8 Å². The second-order valence-electron chi connectivity index (χ2n) is 4.00. The summed E-state index contributed by atoms with van der Waals surface area (Å²) >= 11 is 5.75. The van der Waals surface area contributed by atoms with Crippen LogP contribution in [0.5, 0.6) is 0 Å². The third-order valence-corrected chi connectivity index (χ3v) is 2.83. The number of hydrogen-bond acceptors (Lipinski definition) is 4. The van der Waals surface area contributed by atoms with Crippen LogP contribution in [0, 0.1) is 0 Å². The molecule has 3 rings (SSSR count). The van der Waals surface area contributed by atoms with Gasteiger partial charge in [-0.15, -0.1) is 0 Å². The van der Waals surface area contributed by atoms with Crippen molar-refractivity contribution in [1.82, 2.24) is 19.7 Å². The zero-order valence-electron chi connectivity index (χ0n) is 9.86. The van der Waals surface area contributed by atoms with Gasteiger partial charge in [-0.2, -0.15) is 5.10 Å². The number of nitrogens with zero attached hydrogens (tertiary/aromatic N) is 4. The lowest BCUT2D eigenvalue weighted by Gasteiger charge is -1.99. The summed E-state index contributed by atoms with van der Waals surface area (Å²) in [5, 5.41) is 4.73. The van der Waals surface area contributed by atoms with Gasteiger partial charge in [0.25, 0.3) is 5.95 Å². The Balaban J connectivity index is 1.95. The van der Waals surface area contributed by atoms with Gasteiger partial charge in [-0.25, -0.2) is 14.6 Å². The molecule has 0 fully saturated rings. The van der Waals surface area contributed by atoms with Gasteiger partial charge in [0.1, 0.15) is 0 Å². The molecule has 0 aliphatic heterocycles. The molecule has 3 aromatic rings. The number of rotatable bonds is 2. The predicted molar refractivity (Wildman–Crippen MR) is 74.0 cm³/mol. The number of nitrogen functional groups attached to an aromatic ring is 1. The predicted octanol–water partition coefficient (Wildman–Crippen LogP) is 2.56. The van der Waals surface area contributed by atoms with E-state index < -0.39 is 0 Å². The average Bonchev–Trinajstić information content (AvgIpc) is 2.90. The Bertz CT molecular complexity index is 628. The summed E-state index contributed by atoms with van der Waals surface area (Å²) in [5.74, 6) is 0.478. The van der Waals surface area contributed by atoms with Crippen molar-refractivity contribution in [2.45, 2.75) is 0 Å². The maximum atomic E-state index is 5.75. The number of anilines is 1. The number of nitrogens with two attached hydrogens (primary N) is 1. The van der Waals surface area contributed by atoms with E-state index in [9.17, 15) is 0 Å². The molecule has 0 bridgehead atoms. The first kappa shape index (κ1) is 11.7. The lowest BCUT2D eigenvalue weighted by molar-refractivity contribution is 0.808. The van der Waals surface area contributed by atoms with E-state index in [2.05, 4.69) is 15.1 Å². The fourth-order valence-corrected chi connectivity index (χ4v) is 1.78. The second kappa shape index (κ2) is 4.70. The lowest BCUT2D eigenvalue weighted by Crippen LogP contribution is -2.00. The van der Waals surface area contributed by atoms with Gasteiger partial charge >= 0.3 is 0 Å². The van der Waals surface area contributed by atoms with Gasteiger partial charge < -0.3 is 5.73 Å². The molecular weight excluding hydrogens is 262 g/mol. The Morgan fingerprint density at radius 2 is 1.63 bits per heavy atom. The fourth-order valence-electron chi connectivity index (χ4n) is 1.68. The van der Waals surface area contributed by atoms with Crippen LogP contribution in [-0.2, 0) is 0 Å². The summed E-state index contributed by atoms with van der Waals surface area (Å²) in [6.45, 7) is 0. The molecule has 6 heteroatoms. The Morgan fingerprint density at radius 1 is 0.947 bits per heavy atom. The summed E-state index contributed by atoms with van der Waals surface area (Å²) < 4.78 is 1.60. The molecule has 0 radical (unpaired) electrons. The van der Waals surface area contributed by atoms with E-state index in [-0.39, 0.29) is 0 Å². The topological polar surface area (TPSA) is 69.6 Å². The van der Waals surface area contributed by atoms with Gasteiger partial charge in [0.15, 0.2) is 0 Å². The zero-order valence-corrected chi connectivity index (χ0v) is 10.6. The minimum absolute atomic E-state index is 0.478. The van der Waals surface area contributed by atoms with Crippen LogP contribution in [0.3, 0.4) is 0 Å². The first-order valence-electron chi connectivity index (χ1n) is 5.61. The van der Waals surface area contributed by atoms with Crippen LogP contribution in [0.4, 0.5) is 5.69 Å². The molecule has 0 aliphatic carbocycles. The van der Waals surface area contributed by atoms with Gasteiger partial charge in [-0.05, 0) is 17.7 Å². The van der Waals surface area contributed by atoms with Crippen molar-refractivity contribution >= 4 is 17.3 Å². The molecule has 0 unspecified atom stereocenters. The summed E-state index contributed by atoms with van der Waals surface area (Å²) in [6, 6.07) is 7.59. The van der Waals surface area contributed by atoms with E-state index in [1.807, 2.05) is 30.5 Å². The SMILES string of the molecule is Nc1ccc(-c2cnn(-c3ncc(Cl)cn3)c2)cc1. The Morgan fingerprint density at radius 3 is 2.32 bits per heavy atom. The minimum Gasteiger partial charge on any atom is -0.399 e. The normalized spacial score (nSPS) is 10.6. The van der Waals surface area contributed by atoms with Crippen LogP contribution in [0.2, 0.25) is 5.02 Å². The van der Waals surface area contributed by atoms with Crippen molar-refractivity contribution in [3.8, 4) is 17.1 Å². The standard InChI is InChI=1S/C13H10ClN5/c14-11-6-16-13(17-7-11)19-8-10(5-18-19)9-1-3-12(15)4-2-9/h1-8H,15H2. The number of benzene rings is 1. The third-order valence-electron chi connectivity index (χ3n) is 2.64. The molecule has 94 valence electrons. The largest absolute Gasteiger partial charge is 0.399 e. The molecule has 1 aromatic carbocycles. The molecule has 0 saturated heterocycles. The highest BCUT2D eigenvalue weighted by Crippen LogP contribution is 2.20. The molecule has 0 saturated carbocycles. The maximum Gasteiger partial charge on any atom is 0.250 e. The molecule has 2 N–H and O–H groups in total. The van der Waals surface area contributed by atoms with Crippen LogP contribution in [0.15, 0.2) is 49.1 Å². The highest BCUT2D eigenvalue weighted by molar-refractivity contribution is 6.30. The van der Waals surface area contributed by atoms with Gasteiger partial charge in [-0.3, -0.25) is 0 Å². The van der Waals surface area contributed by atoms with E-state index in [4.69, 9.17) is 17.3 Å². The molecular formula is C13H10ClN5. The first-order chi connectivity index (χ1) is 9.22. The van der Waals surface area contributed by atoms with E-state index in [1.165, 1.54) is 12.4 Å². The minimum atomic E-state index is 0.478. The molecule has 2 aromatic heterocycles. The Labute approximate surface area is 114 Å². The maximum absolute atomic E-state index is 5.75. The van der Waals surface area contributed by atoms with Crippen LogP contribution in [0.1, 0.15) is 0 Å². The van der Waals surface area contributed by atoms with Crippen molar-refractivity contribution in [1.29, 1.82) is 0 Å². The van der Waals surface area contributed by atoms with Crippen LogP contribution in [-0.4, -0.2) is 19.7 Å². The first-order valence-corrected chi connectivity index (χ1v) is 5.99. The molecule has 0 spiro atoms. The summed E-state index contributed by atoms with van der Waals surface area (Å²) in [6.07, 6.45) is 6.68. The highest BCUT2D eigenvalue weighted by Gasteiger charge is 2.05. The average molecular weight is 272 g/mol. The molecule has 2 heterocycles. The van der Waals surface area contributed by atoms with E-state index in [1.54, 1.807) is 10.9 Å².